The molecular formula is C14H13ClFN3S. The number of benzene rings is 1. The number of anilines is 1. The van der Waals surface area contributed by atoms with Gasteiger partial charge in [-0.1, -0.05) is 11.6 Å². The highest BCUT2D eigenvalue weighted by molar-refractivity contribution is 7.12. The first-order valence-corrected chi connectivity index (χ1v) is 7.35. The van der Waals surface area contributed by atoms with Crippen LogP contribution in [-0.4, -0.2) is 9.55 Å². The Hall–Kier alpha value is -1.59. The Morgan fingerprint density at radius 1 is 1.40 bits per heavy atom. The van der Waals surface area contributed by atoms with Gasteiger partial charge in [-0.15, -0.1) is 11.3 Å². The molecule has 0 amide bonds. The molecule has 0 bridgehead atoms. The fourth-order valence-electron chi connectivity index (χ4n) is 2.32. The maximum absolute atomic E-state index is 13.7. The number of imidazole rings is 1. The van der Waals surface area contributed by atoms with Crippen molar-refractivity contribution in [3.63, 3.8) is 0 Å². The van der Waals surface area contributed by atoms with E-state index in [0.717, 1.165) is 4.88 Å². The van der Waals surface area contributed by atoms with Crippen LogP contribution < -0.4 is 5.73 Å². The molecule has 0 aliphatic heterocycles. The predicted octanol–water partition coefficient (Wildman–Crippen LogP) is 4.39. The van der Waals surface area contributed by atoms with Crippen molar-refractivity contribution in [1.82, 2.24) is 9.55 Å². The second-order valence-corrected chi connectivity index (χ2v) is 6.45. The molecule has 0 saturated heterocycles. The van der Waals surface area contributed by atoms with Gasteiger partial charge in [-0.3, -0.25) is 0 Å². The molecule has 0 aliphatic carbocycles. The van der Waals surface area contributed by atoms with Crippen LogP contribution in [0.2, 0.25) is 5.02 Å². The van der Waals surface area contributed by atoms with Gasteiger partial charge in [0.05, 0.1) is 22.1 Å². The molecule has 3 aromatic rings. The van der Waals surface area contributed by atoms with Gasteiger partial charge in [-0.25, -0.2) is 9.37 Å². The maximum atomic E-state index is 13.7. The fraction of sp³-hybridized carbons (Fsp3) is 0.214. The lowest BCUT2D eigenvalue weighted by Gasteiger charge is -2.14. The van der Waals surface area contributed by atoms with E-state index in [-0.39, 0.29) is 11.1 Å². The first-order chi connectivity index (χ1) is 9.47. The van der Waals surface area contributed by atoms with E-state index in [1.165, 1.54) is 17.0 Å². The lowest BCUT2D eigenvalue weighted by atomic mass is 10.2. The van der Waals surface area contributed by atoms with Gasteiger partial charge in [0.1, 0.15) is 5.82 Å². The summed E-state index contributed by atoms with van der Waals surface area (Å²) in [4.78, 5) is 6.65. The van der Waals surface area contributed by atoms with Crippen molar-refractivity contribution in [2.45, 2.75) is 19.9 Å². The van der Waals surface area contributed by atoms with Gasteiger partial charge >= 0.3 is 0 Å². The number of hydrogen-bond donors (Lipinski definition) is 1. The molecule has 6 heteroatoms. The van der Waals surface area contributed by atoms with E-state index in [0.29, 0.717) is 17.0 Å². The lowest BCUT2D eigenvalue weighted by molar-refractivity contribution is 0.626. The summed E-state index contributed by atoms with van der Waals surface area (Å²) in [6.45, 7) is 4.07. The molecule has 3 nitrogen and oxygen atoms in total. The number of fused-ring (bicyclic) bond motifs is 1. The molecule has 104 valence electrons. The Kier molecular flexibility index (Phi) is 3.18. The van der Waals surface area contributed by atoms with E-state index in [1.807, 2.05) is 11.5 Å². The summed E-state index contributed by atoms with van der Waals surface area (Å²) in [5.41, 5.74) is 7.25. The van der Waals surface area contributed by atoms with Crippen molar-refractivity contribution >= 4 is 39.9 Å². The predicted molar refractivity (Wildman–Crippen MR) is 82.0 cm³/mol. The minimum atomic E-state index is -0.463. The molecule has 1 aromatic carbocycles. The third-order valence-corrected chi connectivity index (χ3v) is 4.78. The second kappa shape index (κ2) is 4.75. The molecule has 2 N–H and O–H groups in total. The number of rotatable bonds is 2. The average molecular weight is 310 g/mol. The first kappa shape index (κ1) is 13.4. The molecule has 0 radical (unpaired) electrons. The molecule has 0 fully saturated rings. The number of nitrogens with zero attached hydrogens (tertiary/aromatic N) is 2. The fourth-order valence-corrected chi connectivity index (χ4v) is 3.40. The summed E-state index contributed by atoms with van der Waals surface area (Å²) in [6.07, 6.45) is 0. The van der Waals surface area contributed by atoms with E-state index in [4.69, 9.17) is 17.3 Å². The van der Waals surface area contributed by atoms with Crippen LogP contribution in [0.25, 0.3) is 11.0 Å². The third-order valence-electron chi connectivity index (χ3n) is 3.32. The van der Waals surface area contributed by atoms with Crippen LogP contribution >= 0.6 is 22.9 Å². The SMILES string of the molecule is Cc1ccc(C(C)n2c(N)nc3cc(Cl)c(F)cc32)s1. The van der Waals surface area contributed by atoms with Crippen molar-refractivity contribution < 1.29 is 4.39 Å². The smallest absolute Gasteiger partial charge is 0.201 e. The highest BCUT2D eigenvalue weighted by Gasteiger charge is 2.18. The van der Waals surface area contributed by atoms with E-state index in [9.17, 15) is 4.39 Å². The Labute approximate surface area is 124 Å². The normalized spacial score (nSPS) is 13.0. The van der Waals surface area contributed by atoms with Crippen LogP contribution in [0.15, 0.2) is 24.3 Å². The van der Waals surface area contributed by atoms with Crippen molar-refractivity contribution in [2.75, 3.05) is 5.73 Å². The molecule has 0 spiro atoms. The highest BCUT2D eigenvalue weighted by Crippen LogP contribution is 2.32. The topological polar surface area (TPSA) is 43.8 Å². The van der Waals surface area contributed by atoms with Crippen molar-refractivity contribution in [3.8, 4) is 0 Å². The summed E-state index contributed by atoms with van der Waals surface area (Å²) in [5.74, 6) is -0.102. The zero-order valence-corrected chi connectivity index (χ0v) is 12.6. The van der Waals surface area contributed by atoms with Gasteiger partial charge in [0.25, 0.3) is 0 Å². The Morgan fingerprint density at radius 3 is 2.80 bits per heavy atom. The maximum Gasteiger partial charge on any atom is 0.201 e. The van der Waals surface area contributed by atoms with Gasteiger partial charge in [0.15, 0.2) is 0 Å². The number of hydrogen-bond acceptors (Lipinski definition) is 3. The van der Waals surface area contributed by atoms with E-state index >= 15 is 0 Å². The van der Waals surface area contributed by atoms with Gasteiger partial charge in [-0.2, -0.15) is 0 Å². The van der Waals surface area contributed by atoms with Gasteiger partial charge < -0.3 is 10.3 Å². The van der Waals surface area contributed by atoms with Crippen LogP contribution in [0, 0.1) is 12.7 Å². The summed E-state index contributed by atoms with van der Waals surface area (Å²) < 4.78 is 15.5. The van der Waals surface area contributed by atoms with E-state index < -0.39 is 5.82 Å². The number of nitrogen functional groups attached to an aromatic ring is 1. The third kappa shape index (κ3) is 2.07. The lowest BCUT2D eigenvalue weighted by Crippen LogP contribution is -2.09. The quantitative estimate of drug-likeness (QED) is 0.763. The Morgan fingerprint density at radius 2 is 2.15 bits per heavy atom. The molecule has 3 rings (SSSR count). The summed E-state index contributed by atoms with van der Waals surface area (Å²) in [5, 5.41) is 0.0572. The number of aryl methyl sites for hydroxylation is 1. The molecule has 0 saturated carbocycles. The number of nitrogens with two attached hydrogens (primary N) is 1. The molecular weight excluding hydrogens is 297 g/mol. The van der Waals surface area contributed by atoms with Crippen LogP contribution in [0.5, 0.6) is 0 Å². The first-order valence-electron chi connectivity index (χ1n) is 6.16. The van der Waals surface area contributed by atoms with Crippen LogP contribution in [-0.2, 0) is 0 Å². The second-order valence-electron chi connectivity index (χ2n) is 4.72. The Balaban J connectivity index is 2.20. The van der Waals surface area contributed by atoms with Crippen molar-refractivity contribution in [2.24, 2.45) is 0 Å². The van der Waals surface area contributed by atoms with E-state index in [2.05, 4.69) is 24.0 Å². The van der Waals surface area contributed by atoms with Crippen LogP contribution in [0.4, 0.5) is 10.3 Å². The highest BCUT2D eigenvalue weighted by atomic mass is 35.5. The standard InChI is InChI=1S/C14H13ClFN3S/c1-7-3-4-13(20-7)8(2)19-12-6-10(16)9(15)5-11(12)18-14(19)17/h3-6,8H,1-2H3,(H2,17,18). The number of thiophene rings is 1. The Bertz CT molecular complexity index is 793. The molecule has 2 heterocycles. The minimum Gasteiger partial charge on any atom is -0.369 e. The summed E-state index contributed by atoms with van der Waals surface area (Å²) in [6, 6.07) is 7.01. The zero-order chi connectivity index (χ0) is 14.4. The number of halogens is 2. The molecule has 2 aromatic heterocycles. The van der Waals surface area contributed by atoms with E-state index in [1.54, 1.807) is 11.3 Å². The average Bonchev–Trinajstić information content (AvgIpc) is 2.93. The van der Waals surface area contributed by atoms with Gasteiger partial charge in [0, 0.05) is 15.8 Å². The summed E-state index contributed by atoms with van der Waals surface area (Å²) in [7, 11) is 0. The molecule has 1 unspecified atom stereocenters. The van der Waals surface area contributed by atoms with Crippen molar-refractivity contribution in [3.05, 3.63) is 44.9 Å². The molecule has 20 heavy (non-hydrogen) atoms. The minimum absolute atomic E-state index is 0.000671. The monoisotopic (exact) mass is 309 g/mol. The van der Waals surface area contributed by atoms with Crippen LogP contribution in [0.1, 0.15) is 22.7 Å². The number of aromatic nitrogens is 2. The van der Waals surface area contributed by atoms with Crippen LogP contribution in [0.3, 0.4) is 0 Å². The zero-order valence-electron chi connectivity index (χ0n) is 11.0. The largest absolute Gasteiger partial charge is 0.369 e. The molecule has 0 aliphatic rings. The van der Waals surface area contributed by atoms with Crippen molar-refractivity contribution in [1.29, 1.82) is 0 Å². The van der Waals surface area contributed by atoms with Gasteiger partial charge in [0.2, 0.25) is 5.95 Å². The van der Waals surface area contributed by atoms with Gasteiger partial charge in [-0.05, 0) is 32.0 Å². The summed E-state index contributed by atoms with van der Waals surface area (Å²) >= 11 is 7.48. The molecule has 1 atom stereocenters.